The van der Waals surface area contributed by atoms with Gasteiger partial charge in [0, 0.05) is 23.5 Å². The van der Waals surface area contributed by atoms with Crippen molar-refractivity contribution in [2.45, 2.75) is 76.7 Å². The SMILES string of the molecule is CC(C(=O)NC1CCCCC1)C1CCC(c2ccnc3ccc(F)cc23)CC1. The first kappa shape index (κ1) is 19.4. The number of hydrogen-bond donors (Lipinski definition) is 1. The summed E-state index contributed by atoms with van der Waals surface area (Å²) in [5, 5.41) is 4.24. The normalized spacial score (nSPS) is 24.8. The summed E-state index contributed by atoms with van der Waals surface area (Å²) in [5.74, 6) is 0.992. The maximum Gasteiger partial charge on any atom is 0.223 e. The highest BCUT2D eigenvalue weighted by Crippen LogP contribution is 2.40. The van der Waals surface area contributed by atoms with Crippen LogP contribution in [0.2, 0.25) is 0 Å². The highest BCUT2D eigenvalue weighted by Gasteiger charge is 2.31. The Morgan fingerprint density at radius 2 is 1.82 bits per heavy atom. The van der Waals surface area contributed by atoms with Crippen molar-refractivity contribution >= 4 is 16.8 Å². The van der Waals surface area contributed by atoms with Crippen molar-refractivity contribution in [2.75, 3.05) is 0 Å². The molecule has 4 rings (SSSR count). The lowest BCUT2D eigenvalue weighted by atomic mass is 9.73. The van der Waals surface area contributed by atoms with Crippen LogP contribution in [0.3, 0.4) is 0 Å². The van der Waals surface area contributed by atoms with E-state index in [9.17, 15) is 9.18 Å². The molecule has 1 aromatic carbocycles. The molecular formula is C24H31FN2O. The maximum absolute atomic E-state index is 13.8. The van der Waals surface area contributed by atoms with Crippen molar-refractivity contribution < 1.29 is 9.18 Å². The maximum atomic E-state index is 13.8. The summed E-state index contributed by atoms with van der Waals surface area (Å²) in [7, 11) is 0. The van der Waals surface area contributed by atoms with Crippen LogP contribution in [0, 0.1) is 17.7 Å². The van der Waals surface area contributed by atoms with E-state index in [0.717, 1.165) is 49.4 Å². The fraction of sp³-hybridized carbons (Fsp3) is 0.583. The lowest BCUT2D eigenvalue weighted by molar-refractivity contribution is -0.127. The van der Waals surface area contributed by atoms with Crippen LogP contribution in [0.4, 0.5) is 4.39 Å². The first-order chi connectivity index (χ1) is 13.6. The van der Waals surface area contributed by atoms with Gasteiger partial charge in [0.25, 0.3) is 0 Å². The summed E-state index contributed by atoms with van der Waals surface area (Å²) in [6.45, 7) is 2.10. The van der Waals surface area contributed by atoms with Gasteiger partial charge in [0.1, 0.15) is 5.82 Å². The fourth-order valence-corrected chi connectivity index (χ4v) is 5.22. The molecule has 0 spiro atoms. The molecule has 1 amide bonds. The third kappa shape index (κ3) is 4.21. The monoisotopic (exact) mass is 382 g/mol. The summed E-state index contributed by atoms with van der Waals surface area (Å²) in [6.07, 6.45) is 12.1. The number of nitrogens with zero attached hydrogens (tertiary/aromatic N) is 1. The van der Waals surface area contributed by atoms with Crippen LogP contribution in [-0.4, -0.2) is 16.9 Å². The van der Waals surface area contributed by atoms with Gasteiger partial charge in [-0.05, 0) is 80.2 Å². The number of carbonyl (C=O) groups is 1. The van der Waals surface area contributed by atoms with E-state index in [-0.39, 0.29) is 17.6 Å². The number of halogens is 1. The lowest BCUT2D eigenvalue weighted by Gasteiger charge is -2.33. The van der Waals surface area contributed by atoms with Gasteiger partial charge in [-0.3, -0.25) is 9.78 Å². The van der Waals surface area contributed by atoms with Crippen LogP contribution in [0.25, 0.3) is 10.9 Å². The van der Waals surface area contributed by atoms with Crippen molar-refractivity contribution in [3.8, 4) is 0 Å². The molecule has 2 aliphatic carbocycles. The van der Waals surface area contributed by atoms with Crippen molar-refractivity contribution in [1.82, 2.24) is 10.3 Å². The Bertz CT molecular complexity index is 822. The summed E-state index contributed by atoms with van der Waals surface area (Å²) in [6, 6.07) is 7.29. The van der Waals surface area contributed by atoms with E-state index in [1.807, 2.05) is 12.3 Å². The molecule has 4 heteroatoms. The number of fused-ring (bicyclic) bond motifs is 1. The van der Waals surface area contributed by atoms with Gasteiger partial charge in [0.05, 0.1) is 5.52 Å². The Balaban J connectivity index is 1.38. The minimum absolute atomic E-state index is 0.0782. The van der Waals surface area contributed by atoms with Crippen LogP contribution in [0.15, 0.2) is 30.5 Å². The standard InChI is InChI=1S/C24H31FN2O/c1-16(24(28)27-20-5-3-2-4-6-20)17-7-9-18(10-8-17)21-13-14-26-23-12-11-19(25)15-22(21)23/h11-18,20H,2-10H2,1H3,(H,27,28). The lowest BCUT2D eigenvalue weighted by Crippen LogP contribution is -2.41. The van der Waals surface area contributed by atoms with Crippen LogP contribution in [-0.2, 0) is 4.79 Å². The van der Waals surface area contributed by atoms with Gasteiger partial charge >= 0.3 is 0 Å². The van der Waals surface area contributed by atoms with Gasteiger partial charge in [-0.15, -0.1) is 0 Å². The van der Waals surface area contributed by atoms with E-state index >= 15 is 0 Å². The van der Waals surface area contributed by atoms with Crippen LogP contribution < -0.4 is 5.32 Å². The Morgan fingerprint density at radius 3 is 2.57 bits per heavy atom. The molecule has 2 saturated carbocycles. The zero-order valence-electron chi connectivity index (χ0n) is 16.8. The van der Waals surface area contributed by atoms with E-state index < -0.39 is 0 Å². The topological polar surface area (TPSA) is 42.0 Å². The zero-order valence-corrected chi connectivity index (χ0v) is 16.8. The van der Waals surface area contributed by atoms with Crippen LogP contribution >= 0.6 is 0 Å². The minimum Gasteiger partial charge on any atom is -0.353 e. The molecule has 3 nitrogen and oxygen atoms in total. The summed E-state index contributed by atoms with van der Waals surface area (Å²) in [4.78, 5) is 17.1. The molecule has 0 saturated heterocycles. The third-order valence-electron chi connectivity index (χ3n) is 7.02. The van der Waals surface area contributed by atoms with E-state index in [1.165, 1.54) is 30.9 Å². The fourth-order valence-electron chi connectivity index (χ4n) is 5.22. The molecule has 2 aromatic rings. The van der Waals surface area contributed by atoms with E-state index in [4.69, 9.17) is 0 Å². The zero-order chi connectivity index (χ0) is 19.5. The quantitative estimate of drug-likeness (QED) is 0.733. The van der Waals surface area contributed by atoms with Crippen LogP contribution in [0.1, 0.15) is 76.2 Å². The molecule has 1 aromatic heterocycles. The number of aromatic nitrogens is 1. The number of amides is 1. The molecule has 0 aliphatic heterocycles. The molecule has 2 aliphatic rings. The Kier molecular flexibility index (Phi) is 5.93. The largest absolute Gasteiger partial charge is 0.353 e. The van der Waals surface area contributed by atoms with Gasteiger partial charge in [-0.2, -0.15) is 0 Å². The van der Waals surface area contributed by atoms with Gasteiger partial charge < -0.3 is 5.32 Å². The second-order valence-corrected chi connectivity index (χ2v) is 8.81. The second kappa shape index (κ2) is 8.59. The molecular weight excluding hydrogens is 351 g/mol. The third-order valence-corrected chi connectivity index (χ3v) is 7.02. The number of rotatable bonds is 4. The minimum atomic E-state index is -0.205. The molecule has 1 unspecified atom stereocenters. The average molecular weight is 383 g/mol. The predicted molar refractivity (Wildman–Crippen MR) is 111 cm³/mol. The smallest absolute Gasteiger partial charge is 0.223 e. The predicted octanol–water partition coefficient (Wildman–Crippen LogP) is 5.73. The average Bonchev–Trinajstić information content (AvgIpc) is 2.73. The van der Waals surface area contributed by atoms with E-state index in [2.05, 4.69) is 17.2 Å². The van der Waals surface area contributed by atoms with E-state index in [0.29, 0.717) is 17.9 Å². The first-order valence-electron chi connectivity index (χ1n) is 11.0. The van der Waals surface area contributed by atoms with Crippen molar-refractivity contribution in [2.24, 2.45) is 11.8 Å². The molecule has 28 heavy (non-hydrogen) atoms. The molecule has 2 fully saturated rings. The summed E-state index contributed by atoms with van der Waals surface area (Å²) < 4.78 is 13.8. The number of carbonyl (C=O) groups excluding carboxylic acids is 1. The molecule has 0 radical (unpaired) electrons. The summed E-state index contributed by atoms with van der Waals surface area (Å²) in [5.41, 5.74) is 2.07. The summed E-state index contributed by atoms with van der Waals surface area (Å²) >= 11 is 0. The highest BCUT2D eigenvalue weighted by atomic mass is 19.1. The van der Waals surface area contributed by atoms with Crippen molar-refractivity contribution in [3.63, 3.8) is 0 Å². The number of pyridine rings is 1. The first-order valence-corrected chi connectivity index (χ1v) is 11.0. The molecule has 1 heterocycles. The number of benzene rings is 1. The van der Waals surface area contributed by atoms with Crippen LogP contribution in [0.5, 0.6) is 0 Å². The Labute approximate surface area is 167 Å². The van der Waals surface area contributed by atoms with Crippen molar-refractivity contribution in [1.29, 1.82) is 0 Å². The molecule has 150 valence electrons. The molecule has 0 bridgehead atoms. The number of hydrogen-bond acceptors (Lipinski definition) is 2. The molecule has 1 atom stereocenters. The van der Waals surface area contributed by atoms with Gasteiger partial charge in [0.15, 0.2) is 0 Å². The Morgan fingerprint density at radius 1 is 1.07 bits per heavy atom. The van der Waals surface area contributed by atoms with Gasteiger partial charge in [0.2, 0.25) is 5.91 Å². The Hall–Kier alpha value is -1.97. The number of nitrogens with one attached hydrogen (secondary N) is 1. The molecule has 1 N–H and O–H groups in total. The highest BCUT2D eigenvalue weighted by molar-refractivity contribution is 5.82. The second-order valence-electron chi connectivity index (χ2n) is 8.81. The van der Waals surface area contributed by atoms with E-state index in [1.54, 1.807) is 12.1 Å². The van der Waals surface area contributed by atoms with Crippen molar-refractivity contribution in [3.05, 3.63) is 41.8 Å². The van der Waals surface area contributed by atoms with Gasteiger partial charge in [-0.25, -0.2) is 4.39 Å². The van der Waals surface area contributed by atoms with Gasteiger partial charge in [-0.1, -0.05) is 26.2 Å².